The maximum atomic E-state index is 12.7. The van der Waals surface area contributed by atoms with Crippen molar-refractivity contribution in [2.45, 2.75) is 13.5 Å². The molecule has 1 N–H and O–H groups in total. The molecule has 2 aromatic rings. The second-order valence-electron chi connectivity index (χ2n) is 7.17. The number of amides is 1. The standard InChI is InChI=1S/C24H26N4O3/c1-2-31-24(30)20-8-10-22(11-9-20)26-17-21(16-25)23(29)28-14-12-27(13-15-28)18-19-6-4-3-5-7-19/h3-11,17,26H,2,12-15,18H2,1H3/b21-17-. The van der Waals surface area contributed by atoms with Gasteiger partial charge >= 0.3 is 5.97 Å². The molecule has 0 unspecified atom stereocenters. The van der Waals surface area contributed by atoms with Gasteiger partial charge in [0, 0.05) is 44.6 Å². The third-order valence-corrected chi connectivity index (χ3v) is 5.04. The van der Waals surface area contributed by atoms with Crippen LogP contribution in [0.15, 0.2) is 66.4 Å². The molecular weight excluding hydrogens is 392 g/mol. The number of rotatable bonds is 7. The van der Waals surface area contributed by atoms with Crippen LogP contribution in [0.1, 0.15) is 22.8 Å². The van der Waals surface area contributed by atoms with Gasteiger partial charge in [0.05, 0.1) is 12.2 Å². The molecule has 3 rings (SSSR count). The van der Waals surface area contributed by atoms with Crippen molar-refractivity contribution >= 4 is 17.6 Å². The molecule has 0 atom stereocenters. The number of carbonyl (C=O) groups is 2. The largest absolute Gasteiger partial charge is 0.462 e. The molecule has 31 heavy (non-hydrogen) atoms. The van der Waals surface area contributed by atoms with Gasteiger partial charge in [-0.2, -0.15) is 5.26 Å². The van der Waals surface area contributed by atoms with E-state index in [0.29, 0.717) is 30.9 Å². The molecular formula is C24H26N4O3. The van der Waals surface area contributed by atoms with Crippen LogP contribution in [-0.4, -0.2) is 54.5 Å². The van der Waals surface area contributed by atoms with E-state index in [9.17, 15) is 14.9 Å². The SMILES string of the molecule is CCOC(=O)c1ccc(N/C=C(/C#N)C(=O)N2CCN(Cc3ccccc3)CC2)cc1. The fourth-order valence-electron chi connectivity index (χ4n) is 3.34. The topological polar surface area (TPSA) is 85.7 Å². The first-order valence-electron chi connectivity index (χ1n) is 10.3. The third kappa shape index (κ3) is 6.17. The number of piperazine rings is 1. The molecule has 1 aliphatic rings. The van der Waals surface area contributed by atoms with Crippen LogP contribution in [0.5, 0.6) is 0 Å². The molecule has 2 aromatic carbocycles. The number of esters is 1. The lowest BCUT2D eigenvalue weighted by Crippen LogP contribution is -2.48. The van der Waals surface area contributed by atoms with E-state index in [1.165, 1.54) is 11.8 Å². The van der Waals surface area contributed by atoms with E-state index in [2.05, 4.69) is 22.3 Å². The molecule has 1 amide bonds. The van der Waals surface area contributed by atoms with Gasteiger partial charge in [0.15, 0.2) is 0 Å². The molecule has 1 aliphatic heterocycles. The predicted octanol–water partition coefficient (Wildman–Crippen LogP) is 3.03. The summed E-state index contributed by atoms with van der Waals surface area (Å²) in [7, 11) is 0. The number of nitrogens with zero attached hydrogens (tertiary/aromatic N) is 3. The Bertz CT molecular complexity index is 957. The van der Waals surface area contributed by atoms with Crippen LogP contribution in [0.2, 0.25) is 0 Å². The van der Waals surface area contributed by atoms with Crippen LogP contribution < -0.4 is 5.32 Å². The van der Waals surface area contributed by atoms with Gasteiger partial charge in [0.25, 0.3) is 5.91 Å². The average molecular weight is 418 g/mol. The van der Waals surface area contributed by atoms with Gasteiger partial charge in [-0.3, -0.25) is 9.69 Å². The van der Waals surface area contributed by atoms with Gasteiger partial charge in [0.2, 0.25) is 0 Å². The Morgan fingerprint density at radius 2 is 1.74 bits per heavy atom. The molecule has 1 heterocycles. The second kappa shape index (κ2) is 11.0. The first kappa shape index (κ1) is 22.1. The van der Waals surface area contributed by atoms with Gasteiger partial charge in [-0.25, -0.2) is 4.79 Å². The van der Waals surface area contributed by atoms with E-state index < -0.39 is 0 Å². The lowest BCUT2D eigenvalue weighted by molar-refractivity contribution is -0.128. The Kier molecular flexibility index (Phi) is 7.79. The highest BCUT2D eigenvalue weighted by atomic mass is 16.5. The summed E-state index contributed by atoms with van der Waals surface area (Å²) in [6.45, 7) is 5.62. The first-order chi connectivity index (χ1) is 15.1. The van der Waals surface area contributed by atoms with Crippen LogP contribution in [0.3, 0.4) is 0 Å². The fraction of sp³-hybridized carbons (Fsp3) is 0.292. The van der Waals surface area contributed by atoms with E-state index in [1.54, 1.807) is 36.1 Å². The zero-order valence-corrected chi connectivity index (χ0v) is 17.6. The average Bonchev–Trinajstić information content (AvgIpc) is 2.81. The number of anilines is 1. The summed E-state index contributed by atoms with van der Waals surface area (Å²) in [6, 6.07) is 18.9. The molecule has 0 saturated carbocycles. The summed E-state index contributed by atoms with van der Waals surface area (Å²) in [5.74, 6) is -0.665. The summed E-state index contributed by atoms with van der Waals surface area (Å²) in [5, 5.41) is 12.4. The highest BCUT2D eigenvalue weighted by Crippen LogP contribution is 2.13. The minimum absolute atomic E-state index is 0.0472. The van der Waals surface area contributed by atoms with Crippen molar-refractivity contribution < 1.29 is 14.3 Å². The number of nitrogens with one attached hydrogen (secondary N) is 1. The van der Waals surface area contributed by atoms with Crippen LogP contribution in [0.25, 0.3) is 0 Å². The quantitative estimate of drug-likeness (QED) is 0.423. The summed E-state index contributed by atoms with van der Waals surface area (Å²) in [4.78, 5) is 28.5. The van der Waals surface area contributed by atoms with Crippen LogP contribution in [-0.2, 0) is 16.1 Å². The lowest BCUT2D eigenvalue weighted by Gasteiger charge is -2.34. The normalized spacial score (nSPS) is 14.6. The van der Waals surface area contributed by atoms with Crippen molar-refractivity contribution in [3.63, 3.8) is 0 Å². The smallest absolute Gasteiger partial charge is 0.338 e. The molecule has 0 radical (unpaired) electrons. The Morgan fingerprint density at radius 3 is 2.35 bits per heavy atom. The molecule has 0 aliphatic carbocycles. The van der Waals surface area contributed by atoms with E-state index in [-0.39, 0.29) is 17.4 Å². The zero-order chi connectivity index (χ0) is 22.1. The van der Waals surface area contributed by atoms with Crippen molar-refractivity contribution in [3.8, 4) is 6.07 Å². The monoisotopic (exact) mass is 418 g/mol. The highest BCUT2D eigenvalue weighted by Gasteiger charge is 2.23. The van der Waals surface area contributed by atoms with Crippen molar-refractivity contribution in [2.75, 3.05) is 38.1 Å². The molecule has 1 saturated heterocycles. The Balaban J connectivity index is 1.53. The highest BCUT2D eigenvalue weighted by molar-refractivity contribution is 5.97. The number of hydrogen-bond acceptors (Lipinski definition) is 6. The maximum absolute atomic E-state index is 12.7. The minimum atomic E-state index is -0.385. The van der Waals surface area contributed by atoms with Gasteiger partial charge < -0.3 is 15.0 Å². The number of nitriles is 1. The van der Waals surface area contributed by atoms with Gasteiger partial charge in [-0.05, 0) is 36.8 Å². The molecule has 7 heteroatoms. The van der Waals surface area contributed by atoms with E-state index in [4.69, 9.17) is 4.74 Å². The fourth-order valence-corrected chi connectivity index (χ4v) is 3.34. The number of benzene rings is 2. The predicted molar refractivity (Wildman–Crippen MR) is 118 cm³/mol. The molecule has 0 aromatic heterocycles. The molecule has 0 spiro atoms. The second-order valence-corrected chi connectivity index (χ2v) is 7.17. The van der Waals surface area contributed by atoms with E-state index in [1.807, 2.05) is 24.3 Å². The van der Waals surface area contributed by atoms with Gasteiger partial charge in [-0.15, -0.1) is 0 Å². The van der Waals surface area contributed by atoms with Crippen LogP contribution in [0.4, 0.5) is 5.69 Å². The lowest BCUT2D eigenvalue weighted by atomic mass is 10.2. The Labute approximate surface area is 182 Å². The van der Waals surface area contributed by atoms with Gasteiger partial charge in [0.1, 0.15) is 11.6 Å². The van der Waals surface area contributed by atoms with Crippen molar-refractivity contribution in [3.05, 3.63) is 77.5 Å². The van der Waals surface area contributed by atoms with Crippen molar-refractivity contribution in [1.82, 2.24) is 9.80 Å². The van der Waals surface area contributed by atoms with E-state index >= 15 is 0 Å². The third-order valence-electron chi connectivity index (χ3n) is 5.04. The zero-order valence-electron chi connectivity index (χ0n) is 17.6. The summed E-state index contributed by atoms with van der Waals surface area (Å²) >= 11 is 0. The Morgan fingerprint density at radius 1 is 1.06 bits per heavy atom. The van der Waals surface area contributed by atoms with Crippen molar-refractivity contribution in [1.29, 1.82) is 5.26 Å². The summed E-state index contributed by atoms with van der Waals surface area (Å²) < 4.78 is 4.95. The van der Waals surface area contributed by atoms with E-state index in [0.717, 1.165) is 19.6 Å². The van der Waals surface area contributed by atoms with Crippen LogP contribution >= 0.6 is 0 Å². The first-order valence-corrected chi connectivity index (χ1v) is 10.3. The maximum Gasteiger partial charge on any atom is 0.338 e. The van der Waals surface area contributed by atoms with Crippen LogP contribution in [0, 0.1) is 11.3 Å². The number of ether oxygens (including phenoxy) is 1. The minimum Gasteiger partial charge on any atom is -0.462 e. The number of carbonyl (C=O) groups excluding carboxylic acids is 2. The summed E-state index contributed by atoms with van der Waals surface area (Å²) in [5.41, 5.74) is 2.41. The van der Waals surface area contributed by atoms with Crippen molar-refractivity contribution in [2.24, 2.45) is 0 Å². The van der Waals surface area contributed by atoms with Gasteiger partial charge in [-0.1, -0.05) is 30.3 Å². The molecule has 0 bridgehead atoms. The number of hydrogen-bond donors (Lipinski definition) is 1. The molecule has 7 nitrogen and oxygen atoms in total. The summed E-state index contributed by atoms with van der Waals surface area (Å²) in [6.07, 6.45) is 1.41. The molecule has 160 valence electrons. The Hall–Kier alpha value is -3.63. The molecule has 1 fully saturated rings.